The van der Waals surface area contributed by atoms with Crippen LogP contribution >= 0.6 is 22.6 Å². The molecule has 1 aromatic rings. The number of carbonyl (C=O) groups is 2. The van der Waals surface area contributed by atoms with Gasteiger partial charge in [0.15, 0.2) is 5.78 Å². The zero-order chi connectivity index (χ0) is 10.0. The van der Waals surface area contributed by atoms with E-state index in [0.717, 1.165) is 0 Å². The lowest BCUT2D eigenvalue weighted by atomic mass is 10.2. The number of ketones is 1. The highest BCUT2D eigenvalue weighted by Gasteiger charge is 2.09. The summed E-state index contributed by atoms with van der Waals surface area (Å²) in [6.45, 7) is 1.35. The van der Waals surface area contributed by atoms with Crippen LogP contribution in [-0.2, 0) is 0 Å². The molecule has 1 aromatic heterocycles. The summed E-state index contributed by atoms with van der Waals surface area (Å²) in [5.41, 5.74) is 0.0846. The molecular weight excluding hydrogens is 285 g/mol. The maximum atomic E-state index is 10.9. The van der Waals surface area contributed by atoms with Gasteiger partial charge in [0.2, 0.25) is 0 Å². The molecule has 0 atom stereocenters. The summed E-state index contributed by atoms with van der Waals surface area (Å²) in [5.74, 6) is -1.36. The molecule has 0 radical (unpaired) electrons. The van der Waals surface area contributed by atoms with Gasteiger partial charge >= 0.3 is 5.97 Å². The van der Waals surface area contributed by atoms with Crippen molar-refractivity contribution in [3.8, 4) is 0 Å². The molecule has 1 rings (SSSR count). The first kappa shape index (κ1) is 10.1. The number of hydrogen-bond donors (Lipinski definition) is 1. The summed E-state index contributed by atoms with van der Waals surface area (Å²) in [6.07, 6.45) is 0. The van der Waals surface area contributed by atoms with Crippen molar-refractivity contribution < 1.29 is 14.7 Å². The van der Waals surface area contributed by atoms with E-state index in [-0.39, 0.29) is 17.2 Å². The topological polar surface area (TPSA) is 67.3 Å². The van der Waals surface area contributed by atoms with Crippen LogP contribution in [0.15, 0.2) is 12.1 Å². The van der Waals surface area contributed by atoms with Gasteiger partial charge < -0.3 is 5.11 Å². The first-order valence-electron chi connectivity index (χ1n) is 3.42. The molecule has 68 valence electrons. The number of carbonyl (C=O) groups excluding carboxylic acids is 1. The molecule has 0 bridgehead atoms. The van der Waals surface area contributed by atoms with E-state index in [1.165, 1.54) is 13.0 Å². The summed E-state index contributed by atoms with van der Waals surface area (Å²) in [7, 11) is 0. The Bertz CT molecular complexity index is 343. The maximum absolute atomic E-state index is 10.9. The Hall–Kier alpha value is -0.980. The van der Waals surface area contributed by atoms with Crippen LogP contribution < -0.4 is 0 Å². The van der Waals surface area contributed by atoms with Crippen molar-refractivity contribution in [1.29, 1.82) is 0 Å². The van der Waals surface area contributed by atoms with E-state index in [9.17, 15) is 9.59 Å². The molecule has 0 aromatic carbocycles. The van der Waals surface area contributed by atoms with Crippen molar-refractivity contribution in [2.24, 2.45) is 0 Å². The molecule has 0 amide bonds. The standard InChI is InChI=1S/C8H6INO3/c1-4(11)6-2-5(9)3-7(10-6)8(12)13/h2-3H,1H3,(H,12,13). The van der Waals surface area contributed by atoms with Gasteiger partial charge in [-0.25, -0.2) is 9.78 Å². The van der Waals surface area contributed by atoms with Crippen LogP contribution in [0.3, 0.4) is 0 Å². The first-order valence-corrected chi connectivity index (χ1v) is 4.50. The predicted molar refractivity (Wildman–Crippen MR) is 53.9 cm³/mol. The Labute approximate surface area is 88.1 Å². The van der Waals surface area contributed by atoms with Crippen molar-refractivity contribution in [1.82, 2.24) is 4.98 Å². The molecule has 0 fully saturated rings. The zero-order valence-corrected chi connectivity index (χ0v) is 8.90. The number of halogens is 1. The molecule has 0 aliphatic carbocycles. The lowest BCUT2D eigenvalue weighted by Crippen LogP contribution is -2.06. The third-order valence-electron chi connectivity index (χ3n) is 1.37. The van der Waals surface area contributed by atoms with Gasteiger partial charge in [0, 0.05) is 10.5 Å². The molecule has 4 nitrogen and oxygen atoms in total. The number of hydrogen-bond acceptors (Lipinski definition) is 3. The van der Waals surface area contributed by atoms with E-state index in [4.69, 9.17) is 5.11 Å². The minimum atomic E-state index is -1.12. The van der Waals surface area contributed by atoms with Crippen LogP contribution in [0.2, 0.25) is 0 Å². The number of aromatic carboxylic acids is 1. The molecule has 1 N–H and O–H groups in total. The van der Waals surface area contributed by atoms with Gasteiger partial charge in [0.05, 0.1) is 0 Å². The van der Waals surface area contributed by atoms with Gasteiger partial charge in [-0.2, -0.15) is 0 Å². The van der Waals surface area contributed by atoms with Gasteiger partial charge in [-0.3, -0.25) is 4.79 Å². The molecule has 0 saturated carbocycles. The van der Waals surface area contributed by atoms with E-state index >= 15 is 0 Å². The molecule has 0 spiro atoms. The predicted octanol–water partition coefficient (Wildman–Crippen LogP) is 1.59. The van der Waals surface area contributed by atoms with Crippen molar-refractivity contribution in [2.75, 3.05) is 0 Å². The fraction of sp³-hybridized carbons (Fsp3) is 0.125. The van der Waals surface area contributed by atoms with Crippen molar-refractivity contribution in [3.63, 3.8) is 0 Å². The summed E-state index contributed by atoms with van der Waals surface area (Å²) in [5, 5.41) is 8.64. The van der Waals surface area contributed by atoms with Gasteiger partial charge in [0.25, 0.3) is 0 Å². The molecule has 5 heteroatoms. The first-order chi connectivity index (χ1) is 6.00. The van der Waals surface area contributed by atoms with Crippen molar-refractivity contribution in [2.45, 2.75) is 6.92 Å². The van der Waals surface area contributed by atoms with Gasteiger partial charge in [-0.15, -0.1) is 0 Å². The van der Waals surface area contributed by atoms with E-state index in [0.29, 0.717) is 3.57 Å². The lowest BCUT2D eigenvalue weighted by Gasteiger charge is -1.98. The number of carboxylic acids is 1. The van der Waals surface area contributed by atoms with Crippen LogP contribution in [0.25, 0.3) is 0 Å². The van der Waals surface area contributed by atoms with Crippen molar-refractivity contribution in [3.05, 3.63) is 27.1 Å². The van der Waals surface area contributed by atoms with E-state index in [1.807, 2.05) is 22.6 Å². The molecule has 0 aliphatic rings. The SMILES string of the molecule is CC(=O)c1cc(I)cc(C(=O)O)n1. The average molecular weight is 291 g/mol. The summed E-state index contributed by atoms with van der Waals surface area (Å²) < 4.78 is 0.690. The number of Topliss-reactive ketones (excluding diaryl/α,β-unsaturated/α-hetero) is 1. The van der Waals surface area contributed by atoms with Crippen LogP contribution in [0, 0.1) is 3.57 Å². The number of pyridine rings is 1. The number of rotatable bonds is 2. The normalized spacial score (nSPS) is 9.69. The molecule has 0 unspecified atom stereocenters. The summed E-state index contributed by atoms with van der Waals surface area (Å²) >= 11 is 1.94. The number of aromatic nitrogens is 1. The van der Waals surface area contributed by atoms with E-state index in [2.05, 4.69) is 4.98 Å². The summed E-state index contributed by atoms with van der Waals surface area (Å²) in [6, 6.07) is 2.96. The smallest absolute Gasteiger partial charge is 0.354 e. The Balaban J connectivity index is 3.26. The monoisotopic (exact) mass is 291 g/mol. The van der Waals surface area contributed by atoms with Crippen molar-refractivity contribution >= 4 is 34.3 Å². The molecular formula is C8H6INO3. The second-order valence-corrected chi connectivity index (χ2v) is 3.66. The quantitative estimate of drug-likeness (QED) is 0.663. The van der Waals surface area contributed by atoms with E-state index < -0.39 is 5.97 Å². The molecule has 13 heavy (non-hydrogen) atoms. The minimum absolute atomic E-state index is 0.0999. The van der Waals surface area contributed by atoms with Crippen LogP contribution in [0.1, 0.15) is 27.9 Å². The Kier molecular flexibility index (Phi) is 2.97. The highest BCUT2D eigenvalue weighted by Crippen LogP contribution is 2.09. The third kappa shape index (κ3) is 2.48. The molecule has 0 aliphatic heterocycles. The highest BCUT2D eigenvalue weighted by molar-refractivity contribution is 14.1. The fourth-order valence-corrected chi connectivity index (χ4v) is 1.38. The average Bonchev–Trinajstić information content (AvgIpc) is 2.03. The number of nitrogens with zero attached hydrogens (tertiary/aromatic N) is 1. The van der Waals surface area contributed by atoms with Crippen LogP contribution in [0.4, 0.5) is 0 Å². The Morgan fingerprint density at radius 1 is 1.38 bits per heavy atom. The Morgan fingerprint density at radius 3 is 2.38 bits per heavy atom. The zero-order valence-electron chi connectivity index (χ0n) is 6.74. The lowest BCUT2D eigenvalue weighted by molar-refractivity contribution is 0.0690. The van der Waals surface area contributed by atoms with Gasteiger partial charge in [0.1, 0.15) is 11.4 Å². The maximum Gasteiger partial charge on any atom is 0.354 e. The Morgan fingerprint density at radius 2 is 1.92 bits per heavy atom. The summed E-state index contributed by atoms with van der Waals surface area (Å²) in [4.78, 5) is 25.1. The second kappa shape index (κ2) is 3.82. The molecule has 0 saturated heterocycles. The largest absolute Gasteiger partial charge is 0.477 e. The van der Waals surface area contributed by atoms with Crippen LogP contribution in [-0.4, -0.2) is 21.8 Å². The number of carboxylic acid groups (broad SMARTS) is 1. The van der Waals surface area contributed by atoms with Crippen LogP contribution in [0.5, 0.6) is 0 Å². The molecule has 1 heterocycles. The minimum Gasteiger partial charge on any atom is -0.477 e. The highest BCUT2D eigenvalue weighted by atomic mass is 127. The van der Waals surface area contributed by atoms with E-state index in [1.54, 1.807) is 6.07 Å². The second-order valence-electron chi connectivity index (χ2n) is 2.42. The fourth-order valence-electron chi connectivity index (χ4n) is 0.787. The van der Waals surface area contributed by atoms with Gasteiger partial charge in [-0.05, 0) is 34.7 Å². The van der Waals surface area contributed by atoms with Gasteiger partial charge in [-0.1, -0.05) is 0 Å². The third-order valence-corrected chi connectivity index (χ3v) is 1.99.